The van der Waals surface area contributed by atoms with E-state index in [1.54, 1.807) is 30.3 Å². The highest BCUT2D eigenvalue weighted by Crippen LogP contribution is 1.97. The molecule has 1 rings (SSSR count). The Kier molecular flexibility index (Phi) is 5.07. The fourth-order valence-electron chi connectivity index (χ4n) is 0.828. The summed E-state index contributed by atoms with van der Waals surface area (Å²) in [5.74, 6) is -0.0295. The third-order valence-electron chi connectivity index (χ3n) is 1.71. The molecule has 0 fully saturated rings. The molecular weight excluding hydrogens is 188 g/mol. The molecule has 0 aliphatic carbocycles. The van der Waals surface area contributed by atoms with Crippen molar-refractivity contribution in [2.45, 2.75) is 6.92 Å². The van der Waals surface area contributed by atoms with Crippen LogP contribution in [0.1, 0.15) is 17.4 Å². The van der Waals surface area contributed by atoms with Crippen LogP contribution in [0.25, 0.3) is 0 Å². The van der Waals surface area contributed by atoms with Crippen LogP contribution in [0.2, 0.25) is 0 Å². The van der Waals surface area contributed by atoms with Gasteiger partial charge in [-0.15, -0.1) is 12.4 Å². The van der Waals surface area contributed by atoms with Gasteiger partial charge in [0.1, 0.15) is 5.69 Å². The van der Waals surface area contributed by atoms with Gasteiger partial charge in [0.25, 0.3) is 5.91 Å². The van der Waals surface area contributed by atoms with Gasteiger partial charge in [0.2, 0.25) is 0 Å². The second-order valence-electron chi connectivity index (χ2n) is 2.53. The van der Waals surface area contributed by atoms with E-state index < -0.39 is 0 Å². The maximum absolute atomic E-state index is 11.4. The van der Waals surface area contributed by atoms with Crippen molar-refractivity contribution < 1.29 is 4.79 Å². The molecule has 0 radical (unpaired) electrons. The highest BCUT2D eigenvalue weighted by molar-refractivity contribution is 5.91. The monoisotopic (exact) mass is 200 g/mol. The fraction of sp³-hybridized carbons (Fsp3) is 0.333. The van der Waals surface area contributed by atoms with Crippen LogP contribution in [-0.4, -0.2) is 29.4 Å². The first-order chi connectivity index (χ1) is 5.75. The zero-order valence-corrected chi connectivity index (χ0v) is 8.54. The standard InChI is InChI=1S/C9H12N2O.ClH/c1-3-11(2)9(12)8-6-4-5-7-10-8;/h4-7H,3H2,1-2H3;1H. The Balaban J connectivity index is 0.00000144. The molecule has 4 heteroatoms. The summed E-state index contributed by atoms with van der Waals surface area (Å²) < 4.78 is 0. The van der Waals surface area contributed by atoms with Gasteiger partial charge in [-0.2, -0.15) is 0 Å². The molecular formula is C9H13ClN2O. The topological polar surface area (TPSA) is 33.2 Å². The molecule has 1 heterocycles. The highest BCUT2D eigenvalue weighted by atomic mass is 35.5. The summed E-state index contributed by atoms with van der Waals surface area (Å²) in [4.78, 5) is 17.0. The van der Waals surface area contributed by atoms with Crippen molar-refractivity contribution in [1.82, 2.24) is 9.88 Å². The number of hydrogen-bond acceptors (Lipinski definition) is 2. The summed E-state index contributed by atoms with van der Waals surface area (Å²) in [6, 6.07) is 5.32. The molecule has 0 saturated carbocycles. The van der Waals surface area contributed by atoms with E-state index in [9.17, 15) is 4.79 Å². The first kappa shape index (κ1) is 11.9. The molecule has 0 bridgehead atoms. The lowest BCUT2D eigenvalue weighted by atomic mass is 10.3. The van der Waals surface area contributed by atoms with E-state index in [2.05, 4.69) is 4.98 Å². The van der Waals surface area contributed by atoms with Crippen LogP contribution in [0, 0.1) is 0 Å². The highest BCUT2D eigenvalue weighted by Gasteiger charge is 2.09. The van der Waals surface area contributed by atoms with Crippen LogP contribution in [0.4, 0.5) is 0 Å². The molecule has 0 spiro atoms. The van der Waals surface area contributed by atoms with Gasteiger partial charge in [0.05, 0.1) is 0 Å². The van der Waals surface area contributed by atoms with Crippen LogP contribution < -0.4 is 0 Å². The van der Waals surface area contributed by atoms with Crippen LogP contribution in [0.5, 0.6) is 0 Å². The zero-order valence-electron chi connectivity index (χ0n) is 7.73. The molecule has 0 saturated heterocycles. The van der Waals surface area contributed by atoms with E-state index >= 15 is 0 Å². The van der Waals surface area contributed by atoms with Gasteiger partial charge >= 0.3 is 0 Å². The molecule has 1 aromatic heterocycles. The summed E-state index contributed by atoms with van der Waals surface area (Å²) in [7, 11) is 1.76. The Bertz CT molecular complexity index is 264. The Morgan fingerprint density at radius 3 is 2.69 bits per heavy atom. The fourth-order valence-corrected chi connectivity index (χ4v) is 0.828. The number of aromatic nitrogens is 1. The zero-order chi connectivity index (χ0) is 8.97. The maximum atomic E-state index is 11.4. The van der Waals surface area contributed by atoms with Gasteiger partial charge in [-0.25, -0.2) is 0 Å². The van der Waals surface area contributed by atoms with Crippen molar-refractivity contribution in [3.8, 4) is 0 Å². The molecule has 1 amide bonds. The van der Waals surface area contributed by atoms with Crippen molar-refractivity contribution in [2.75, 3.05) is 13.6 Å². The van der Waals surface area contributed by atoms with Gasteiger partial charge in [0.15, 0.2) is 0 Å². The van der Waals surface area contributed by atoms with Crippen molar-refractivity contribution in [3.63, 3.8) is 0 Å². The number of carbonyl (C=O) groups excluding carboxylic acids is 1. The lowest BCUT2D eigenvalue weighted by molar-refractivity contribution is 0.0796. The molecule has 0 aliphatic heterocycles. The SMILES string of the molecule is CCN(C)C(=O)c1ccccn1.Cl. The van der Waals surface area contributed by atoms with Gasteiger partial charge in [-0.3, -0.25) is 9.78 Å². The van der Waals surface area contributed by atoms with E-state index in [0.29, 0.717) is 12.2 Å². The number of halogens is 1. The number of amides is 1. The smallest absolute Gasteiger partial charge is 0.272 e. The molecule has 0 atom stereocenters. The number of hydrogen-bond donors (Lipinski definition) is 0. The van der Waals surface area contributed by atoms with E-state index in [1.165, 1.54) is 0 Å². The third-order valence-corrected chi connectivity index (χ3v) is 1.71. The number of carbonyl (C=O) groups is 1. The second kappa shape index (κ2) is 5.54. The summed E-state index contributed by atoms with van der Waals surface area (Å²) in [5, 5.41) is 0. The maximum Gasteiger partial charge on any atom is 0.272 e. The predicted octanol–water partition coefficient (Wildman–Crippen LogP) is 1.60. The Morgan fingerprint density at radius 1 is 1.54 bits per heavy atom. The van der Waals surface area contributed by atoms with Crippen LogP contribution in [-0.2, 0) is 0 Å². The van der Waals surface area contributed by atoms with Crippen LogP contribution >= 0.6 is 12.4 Å². The largest absolute Gasteiger partial charge is 0.341 e. The second-order valence-corrected chi connectivity index (χ2v) is 2.53. The van der Waals surface area contributed by atoms with E-state index in [-0.39, 0.29) is 18.3 Å². The molecule has 3 nitrogen and oxygen atoms in total. The molecule has 0 N–H and O–H groups in total. The third kappa shape index (κ3) is 3.03. The lowest BCUT2D eigenvalue weighted by Gasteiger charge is -2.12. The van der Waals surface area contributed by atoms with E-state index in [0.717, 1.165) is 0 Å². The number of rotatable bonds is 2. The van der Waals surface area contributed by atoms with Crippen LogP contribution in [0.3, 0.4) is 0 Å². The van der Waals surface area contributed by atoms with Gasteiger partial charge < -0.3 is 4.90 Å². The molecule has 13 heavy (non-hydrogen) atoms. The first-order valence-corrected chi connectivity index (χ1v) is 3.92. The Labute approximate surface area is 84.2 Å². The van der Waals surface area contributed by atoms with Crippen molar-refractivity contribution >= 4 is 18.3 Å². The lowest BCUT2D eigenvalue weighted by Crippen LogP contribution is -2.26. The Hall–Kier alpha value is -1.09. The van der Waals surface area contributed by atoms with Gasteiger partial charge in [0, 0.05) is 19.8 Å². The van der Waals surface area contributed by atoms with Crippen LogP contribution in [0.15, 0.2) is 24.4 Å². The first-order valence-electron chi connectivity index (χ1n) is 3.92. The van der Waals surface area contributed by atoms with Crippen molar-refractivity contribution in [1.29, 1.82) is 0 Å². The van der Waals surface area contributed by atoms with E-state index in [4.69, 9.17) is 0 Å². The molecule has 1 aromatic rings. The van der Waals surface area contributed by atoms with Gasteiger partial charge in [-0.1, -0.05) is 6.07 Å². The summed E-state index contributed by atoms with van der Waals surface area (Å²) in [5.41, 5.74) is 0.502. The minimum absolute atomic E-state index is 0. The normalized spacial score (nSPS) is 8.77. The van der Waals surface area contributed by atoms with Crippen molar-refractivity contribution in [3.05, 3.63) is 30.1 Å². The molecule has 0 aromatic carbocycles. The summed E-state index contributed by atoms with van der Waals surface area (Å²) in [6.07, 6.45) is 1.62. The minimum Gasteiger partial charge on any atom is -0.341 e. The Morgan fingerprint density at radius 2 is 2.23 bits per heavy atom. The minimum atomic E-state index is -0.0295. The van der Waals surface area contributed by atoms with Gasteiger partial charge in [-0.05, 0) is 19.1 Å². The number of pyridine rings is 1. The summed E-state index contributed by atoms with van der Waals surface area (Å²) >= 11 is 0. The quantitative estimate of drug-likeness (QED) is 0.727. The molecule has 0 unspecified atom stereocenters. The molecule has 72 valence electrons. The molecule has 0 aliphatic rings. The average Bonchev–Trinajstić information content (AvgIpc) is 2.17. The number of nitrogens with zero attached hydrogens (tertiary/aromatic N) is 2. The van der Waals surface area contributed by atoms with Crippen molar-refractivity contribution in [2.24, 2.45) is 0 Å². The summed E-state index contributed by atoms with van der Waals surface area (Å²) in [6.45, 7) is 2.64. The predicted molar refractivity (Wildman–Crippen MR) is 54.1 cm³/mol. The average molecular weight is 201 g/mol. The van der Waals surface area contributed by atoms with E-state index in [1.807, 2.05) is 13.0 Å².